The molecule has 0 aliphatic carbocycles. The molecule has 20 heavy (non-hydrogen) atoms. The molecule has 0 amide bonds. The van der Waals surface area contributed by atoms with Gasteiger partial charge in [-0.3, -0.25) is 14.7 Å². The first kappa shape index (κ1) is 13.2. The Balaban J connectivity index is 1.49. The lowest BCUT2D eigenvalue weighted by Crippen LogP contribution is -2.44. The number of nitrogens with zero attached hydrogens (tertiary/aromatic N) is 2. The van der Waals surface area contributed by atoms with Gasteiger partial charge in [0, 0.05) is 43.9 Å². The van der Waals surface area contributed by atoms with E-state index in [0.29, 0.717) is 49.4 Å². The minimum Gasteiger partial charge on any atom is -0.461 e. The van der Waals surface area contributed by atoms with Crippen molar-refractivity contribution >= 4 is 11.8 Å². The Morgan fingerprint density at radius 3 is 2.75 bits per heavy atom. The first-order valence-corrected chi connectivity index (χ1v) is 7.08. The highest BCUT2D eigenvalue weighted by molar-refractivity contribution is 5.88. The average Bonchev–Trinajstić information content (AvgIpc) is 2.70. The third-order valence-corrected chi connectivity index (χ3v) is 4.18. The summed E-state index contributed by atoms with van der Waals surface area (Å²) >= 11 is 0. The number of hydrogen-bond donors (Lipinski definition) is 0. The molecule has 2 fully saturated rings. The number of carbonyl (C=O) groups excluding carboxylic acids is 2. The van der Waals surface area contributed by atoms with Gasteiger partial charge >= 0.3 is 5.97 Å². The first-order valence-electron chi connectivity index (χ1n) is 7.08. The molecule has 2 atom stereocenters. The Labute approximate surface area is 117 Å². The summed E-state index contributed by atoms with van der Waals surface area (Å²) in [6, 6.07) is 4.13. The van der Waals surface area contributed by atoms with Crippen LogP contribution in [0.3, 0.4) is 0 Å². The highest BCUT2D eigenvalue weighted by atomic mass is 16.5. The molecule has 3 heterocycles. The number of ketones is 1. The fraction of sp³-hybridized carbons (Fsp3) is 0.533. The standard InChI is InChI=1S/C15H18N2O3/c18-14-8-12-3-4-13(9-14)17(12)6-7-20-15(19)11-2-1-5-16-10-11/h1-2,5,10,12-13H,3-4,6-9H2. The van der Waals surface area contributed by atoms with Gasteiger partial charge in [0.2, 0.25) is 0 Å². The van der Waals surface area contributed by atoms with Crippen molar-refractivity contribution in [1.82, 2.24) is 9.88 Å². The normalized spacial score (nSPS) is 25.7. The fourth-order valence-corrected chi connectivity index (χ4v) is 3.24. The minimum absolute atomic E-state index is 0.335. The van der Waals surface area contributed by atoms with E-state index in [0.717, 1.165) is 12.8 Å². The molecule has 0 radical (unpaired) electrons. The van der Waals surface area contributed by atoms with Crippen molar-refractivity contribution in [1.29, 1.82) is 0 Å². The van der Waals surface area contributed by atoms with Crippen molar-refractivity contribution in [2.45, 2.75) is 37.8 Å². The number of pyridine rings is 1. The predicted octanol–water partition coefficient (Wildman–Crippen LogP) is 1.43. The zero-order valence-corrected chi connectivity index (χ0v) is 11.3. The highest BCUT2D eigenvalue weighted by Crippen LogP contribution is 2.33. The van der Waals surface area contributed by atoms with Gasteiger partial charge in [0.05, 0.1) is 5.56 Å². The van der Waals surface area contributed by atoms with Gasteiger partial charge in [-0.05, 0) is 25.0 Å². The van der Waals surface area contributed by atoms with Gasteiger partial charge in [0.1, 0.15) is 12.4 Å². The number of carbonyl (C=O) groups is 2. The molecule has 0 aromatic carbocycles. The number of fused-ring (bicyclic) bond motifs is 2. The molecule has 2 aliphatic heterocycles. The van der Waals surface area contributed by atoms with E-state index in [1.165, 1.54) is 6.20 Å². The van der Waals surface area contributed by atoms with E-state index in [9.17, 15) is 9.59 Å². The predicted molar refractivity (Wildman–Crippen MR) is 72.3 cm³/mol. The van der Waals surface area contributed by atoms with Gasteiger partial charge in [-0.2, -0.15) is 0 Å². The van der Waals surface area contributed by atoms with Crippen LogP contribution < -0.4 is 0 Å². The van der Waals surface area contributed by atoms with Crippen LogP contribution in [-0.2, 0) is 9.53 Å². The SMILES string of the molecule is O=C1CC2CCC(C1)N2CCOC(=O)c1cccnc1. The van der Waals surface area contributed by atoms with Crippen molar-refractivity contribution in [2.75, 3.05) is 13.2 Å². The van der Waals surface area contributed by atoms with E-state index in [1.807, 2.05) is 0 Å². The van der Waals surface area contributed by atoms with Crippen LogP contribution in [0.15, 0.2) is 24.5 Å². The molecule has 5 heteroatoms. The van der Waals surface area contributed by atoms with Gasteiger partial charge in [-0.1, -0.05) is 0 Å². The molecule has 0 spiro atoms. The Kier molecular flexibility index (Phi) is 3.78. The smallest absolute Gasteiger partial charge is 0.339 e. The molecule has 3 rings (SSSR count). The number of ether oxygens (including phenoxy) is 1. The van der Waals surface area contributed by atoms with Gasteiger partial charge in [0.25, 0.3) is 0 Å². The molecule has 2 unspecified atom stereocenters. The summed E-state index contributed by atoms with van der Waals surface area (Å²) in [5.41, 5.74) is 0.476. The van der Waals surface area contributed by atoms with Crippen LogP contribution in [0.4, 0.5) is 0 Å². The maximum Gasteiger partial charge on any atom is 0.339 e. The summed E-state index contributed by atoms with van der Waals surface area (Å²) < 4.78 is 5.28. The Bertz CT molecular complexity index is 487. The molecular weight excluding hydrogens is 256 g/mol. The molecule has 0 N–H and O–H groups in total. The molecule has 106 valence electrons. The van der Waals surface area contributed by atoms with Crippen LogP contribution in [0, 0.1) is 0 Å². The largest absolute Gasteiger partial charge is 0.461 e. The van der Waals surface area contributed by atoms with Crippen molar-refractivity contribution in [3.8, 4) is 0 Å². The van der Waals surface area contributed by atoms with Crippen molar-refractivity contribution in [3.05, 3.63) is 30.1 Å². The molecular formula is C15H18N2O3. The van der Waals surface area contributed by atoms with E-state index < -0.39 is 0 Å². The number of rotatable bonds is 4. The number of Topliss-reactive ketones (excluding diaryl/α,β-unsaturated/α-hetero) is 1. The summed E-state index contributed by atoms with van der Waals surface area (Å²) in [5, 5.41) is 0. The lowest BCUT2D eigenvalue weighted by Gasteiger charge is -2.33. The minimum atomic E-state index is -0.335. The van der Waals surface area contributed by atoms with Crippen LogP contribution in [0.5, 0.6) is 0 Å². The van der Waals surface area contributed by atoms with Crippen LogP contribution >= 0.6 is 0 Å². The van der Waals surface area contributed by atoms with Gasteiger partial charge in [-0.15, -0.1) is 0 Å². The van der Waals surface area contributed by atoms with E-state index in [1.54, 1.807) is 18.3 Å². The van der Waals surface area contributed by atoms with Gasteiger partial charge in [-0.25, -0.2) is 4.79 Å². The molecule has 0 saturated carbocycles. The maximum atomic E-state index is 11.8. The van der Waals surface area contributed by atoms with Gasteiger partial charge < -0.3 is 4.74 Å². The van der Waals surface area contributed by atoms with E-state index in [4.69, 9.17) is 4.74 Å². The average molecular weight is 274 g/mol. The number of aromatic nitrogens is 1. The second-order valence-corrected chi connectivity index (χ2v) is 5.45. The number of piperidine rings is 1. The maximum absolute atomic E-state index is 11.8. The first-order chi connectivity index (χ1) is 9.74. The van der Waals surface area contributed by atoms with Crippen LogP contribution in [0.25, 0.3) is 0 Å². The van der Waals surface area contributed by atoms with Crippen LogP contribution in [-0.4, -0.2) is 46.9 Å². The Morgan fingerprint density at radius 2 is 2.10 bits per heavy atom. The summed E-state index contributed by atoms with van der Waals surface area (Å²) in [4.78, 5) is 29.5. The third kappa shape index (κ3) is 2.72. The lowest BCUT2D eigenvalue weighted by atomic mass is 10.0. The van der Waals surface area contributed by atoms with Gasteiger partial charge in [0.15, 0.2) is 0 Å². The topological polar surface area (TPSA) is 59.5 Å². The van der Waals surface area contributed by atoms with Crippen molar-refractivity contribution < 1.29 is 14.3 Å². The molecule has 5 nitrogen and oxygen atoms in total. The van der Waals surface area contributed by atoms with Crippen LogP contribution in [0.1, 0.15) is 36.0 Å². The van der Waals surface area contributed by atoms with Crippen LogP contribution in [0.2, 0.25) is 0 Å². The van der Waals surface area contributed by atoms with Crippen molar-refractivity contribution in [3.63, 3.8) is 0 Å². The molecule has 1 aromatic rings. The monoisotopic (exact) mass is 274 g/mol. The molecule has 2 aliphatic rings. The fourth-order valence-electron chi connectivity index (χ4n) is 3.24. The Hall–Kier alpha value is -1.75. The van der Waals surface area contributed by atoms with Crippen molar-refractivity contribution in [2.24, 2.45) is 0 Å². The zero-order valence-electron chi connectivity index (χ0n) is 11.3. The molecule has 2 bridgehead atoms. The summed E-state index contributed by atoms with van der Waals surface area (Å²) in [7, 11) is 0. The van der Waals surface area contributed by atoms with E-state index in [2.05, 4.69) is 9.88 Å². The Morgan fingerprint density at radius 1 is 1.35 bits per heavy atom. The zero-order chi connectivity index (χ0) is 13.9. The number of esters is 1. The van der Waals surface area contributed by atoms with E-state index >= 15 is 0 Å². The molecule has 1 aromatic heterocycles. The third-order valence-electron chi connectivity index (χ3n) is 4.18. The second kappa shape index (κ2) is 5.71. The molecule has 2 saturated heterocycles. The summed E-state index contributed by atoms with van der Waals surface area (Å²) in [6.07, 6.45) is 6.63. The lowest BCUT2D eigenvalue weighted by molar-refractivity contribution is -0.123. The number of hydrogen-bond acceptors (Lipinski definition) is 5. The summed E-state index contributed by atoms with van der Waals surface area (Å²) in [5.74, 6) is 0.0413. The van der Waals surface area contributed by atoms with E-state index in [-0.39, 0.29) is 5.97 Å². The second-order valence-electron chi connectivity index (χ2n) is 5.45. The quantitative estimate of drug-likeness (QED) is 0.777. The highest BCUT2D eigenvalue weighted by Gasteiger charge is 2.39. The summed E-state index contributed by atoms with van der Waals surface area (Å²) in [6.45, 7) is 1.09.